The molecule has 0 bridgehead atoms. The first kappa shape index (κ1) is 21.3. The highest BCUT2D eigenvalue weighted by atomic mass is 32.2. The molecule has 164 valence electrons. The lowest BCUT2D eigenvalue weighted by Crippen LogP contribution is -2.51. The van der Waals surface area contributed by atoms with Crippen LogP contribution in [0.15, 0.2) is 52.2 Å². The number of aromatic amines is 1. The summed E-state index contributed by atoms with van der Waals surface area (Å²) in [6, 6.07) is 11.5. The summed E-state index contributed by atoms with van der Waals surface area (Å²) in [4.78, 5) is 28.1. The number of nitrogens with zero attached hydrogens (tertiary/aromatic N) is 2. The Balaban J connectivity index is 1.35. The third-order valence-electron chi connectivity index (χ3n) is 5.04. The second-order valence-corrected chi connectivity index (χ2v) is 9.87. The number of methoxy groups -OCH3 is 1. The summed E-state index contributed by atoms with van der Waals surface area (Å²) in [7, 11) is -2.14. The second-order valence-electron chi connectivity index (χ2n) is 6.92. The molecule has 1 amide bonds. The molecule has 4 rings (SSSR count). The molecule has 1 aliphatic heterocycles. The van der Waals surface area contributed by atoms with Gasteiger partial charge in [-0.3, -0.25) is 9.59 Å². The Hall–Kier alpha value is -2.89. The lowest BCUT2D eigenvalue weighted by Gasteiger charge is -2.34. The van der Waals surface area contributed by atoms with Crippen molar-refractivity contribution >= 4 is 37.5 Å². The quantitative estimate of drug-likeness (QED) is 0.594. The number of benzene rings is 2. The fourth-order valence-electron chi connectivity index (χ4n) is 3.32. The van der Waals surface area contributed by atoms with Crippen LogP contribution in [-0.4, -0.2) is 68.4 Å². The minimum atomic E-state index is -3.71. The van der Waals surface area contributed by atoms with Gasteiger partial charge in [0.15, 0.2) is 6.61 Å². The van der Waals surface area contributed by atoms with E-state index < -0.39 is 10.0 Å². The molecule has 1 saturated heterocycles. The molecular formula is C20H21N3O6S2. The molecule has 1 N–H and O–H groups in total. The summed E-state index contributed by atoms with van der Waals surface area (Å²) in [5, 5.41) is 0. The van der Waals surface area contributed by atoms with Crippen molar-refractivity contribution in [2.75, 3.05) is 39.9 Å². The van der Waals surface area contributed by atoms with E-state index in [-0.39, 0.29) is 48.5 Å². The molecule has 0 spiro atoms. The van der Waals surface area contributed by atoms with Crippen molar-refractivity contribution in [2.24, 2.45) is 0 Å². The number of nitrogens with one attached hydrogen (secondary N) is 1. The van der Waals surface area contributed by atoms with Gasteiger partial charge in [0.25, 0.3) is 5.91 Å². The van der Waals surface area contributed by atoms with E-state index in [0.717, 1.165) is 11.3 Å². The number of hydrogen-bond donors (Lipinski definition) is 1. The van der Waals surface area contributed by atoms with Gasteiger partial charge >= 0.3 is 4.87 Å². The van der Waals surface area contributed by atoms with Crippen LogP contribution in [0.2, 0.25) is 0 Å². The van der Waals surface area contributed by atoms with E-state index in [1.165, 1.54) is 16.4 Å². The van der Waals surface area contributed by atoms with Crippen LogP contribution in [0.5, 0.6) is 11.5 Å². The predicted molar refractivity (Wildman–Crippen MR) is 116 cm³/mol. The molecule has 0 saturated carbocycles. The monoisotopic (exact) mass is 463 g/mol. The number of amides is 1. The zero-order valence-electron chi connectivity index (χ0n) is 16.7. The maximum atomic E-state index is 13.0. The maximum Gasteiger partial charge on any atom is 0.305 e. The number of carbonyl (C=O) groups is 1. The summed E-state index contributed by atoms with van der Waals surface area (Å²) in [5.74, 6) is 1.05. The maximum absolute atomic E-state index is 13.0. The molecule has 2 heterocycles. The largest absolute Gasteiger partial charge is 0.497 e. The van der Waals surface area contributed by atoms with Gasteiger partial charge in [0, 0.05) is 26.2 Å². The number of hydrogen-bond acceptors (Lipinski definition) is 7. The molecule has 0 atom stereocenters. The lowest BCUT2D eigenvalue weighted by molar-refractivity contribution is -0.134. The Morgan fingerprint density at radius 2 is 1.74 bits per heavy atom. The predicted octanol–water partition coefficient (Wildman–Crippen LogP) is 1.51. The van der Waals surface area contributed by atoms with Crippen LogP contribution in [0.25, 0.3) is 10.2 Å². The summed E-state index contributed by atoms with van der Waals surface area (Å²) in [6.45, 7) is 0.825. The van der Waals surface area contributed by atoms with Crippen LogP contribution in [0.1, 0.15) is 0 Å². The molecule has 1 aromatic heterocycles. The molecule has 1 fully saturated rings. The van der Waals surface area contributed by atoms with E-state index in [2.05, 4.69) is 4.98 Å². The summed E-state index contributed by atoms with van der Waals surface area (Å²) >= 11 is 0.971. The summed E-state index contributed by atoms with van der Waals surface area (Å²) in [5.41, 5.74) is 0.612. The number of H-pyrrole nitrogens is 1. The first-order chi connectivity index (χ1) is 14.9. The fraction of sp³-hybridized carbons (Fsp3) is 0.300. The van der Waals surface area contributed by atoms with Gasteiger partial charge in [-0.25, -0.2) is 8.42 Å². The fourth-order valence-corrected chi connectivity index (χ4v) is 5.62. The molecule has 2 aromatic carbocycles. The van der Waals surface area contributed by atoms with Crippen LogP contribution in [0.3, 0.4) is 0 Å². The van der Waals surface area contributed by atoms with Crippen LogP contribution in [-0.2, 0) is 14.8 Å². The average molecular weight is 464 g/mol. The SMILES string of the molecule is COc1ccc(OCC(=O)N2CCN(S(=O)(=O)c3ccc4[nH]c(=O)sc4c3)CC2)cc1. The van der Waals surface area contributed by atoms with Crippen LogP contribution < -0.4 is 14.3 Å². The van der Waals surface area contributed by atoms with Gasteiger partial charge in [-0.1, -0.05) is 11.3 Å². The van der Waals surface area contributed by atoms with Gasteiger partial charge in [0.1, 0.15) is 11.5 Å². The number of piperazine rings is 1. The van der Waals surface area contributed by atoms with Crippen molar-refractivity contribution in [1.29, 1.82) is 0 Å². The number of thiazole rings is 1. The molecule has 0 aliphatic carbocycles. The zero-order chi connectivity index (χ0) is 22.0. The van der Waals surface area contributed by atoms with Gasteiger partial charge in [-0.05, 0) is 42.5 Å². The van der Waals surface area contributed by atoms with Gasteiger partial charge < -0.3 is 19.4 Å². The van der Waals surface area contributed by atoms with Crippen LogP contribution in [0.4, 0.5) is 0 Å². The van der Waals surface area contributed by atoms with Gasteiger partial charge in [0.05, 0.1) is 22.2 Å². The van der Waals surface area contributed by atoms with Gasteiger partial charge in [0.2, 0.25) is 10.0 Å². The van der Waals surface area contributed by atoms with Gasteiger partial charge in [-0.15, -0.1) is 0 Å². The van der Waals surface area contributed by atoms with Crippen molar-refractivity contribution in [3.05, 3.63) is 52.1 Å². The molecule has 9 nitrogen and oxygen atoms in total. The number of fused-ring (bicyclic) bond motifs is 1. The Morgan fingerprint density at radius 1 is 1.06 bits per heavy atom. The van der Waals surface area contributed by atoms with Crippen molar-refractivity contribution in [2.45, 2.75) is 4.90 Å². The minimum absolute atomic E-state index is 0.123. The molecule has 31 heavy (non-hydrogen) atoms. The number of carbonyl (C=O) groups excluding carboxylic acids is 1. The number of sulfonamides is 1. The molecule has 1 aliphatic rings. The zero-order valence-corrected chi connectivity index (χ0v) is 18.4. The van der Waals surface area contributed by atoms with E-state index in [0.29, 0.717) is 21.7 Å². The first-order valence-electron chi connectivity index (χ1n) is 9.54. The number of ether oxygens (including phenoxy) is 2. The normalized spacial score (nSPS) is 15.2. The van der Waals surface area contributed by atoms with Gasteiger partial charge in [-0.2, -0.15) is 4.31 Å². The second kappa shape index (κ2) is 8.69. The third kappa shape index (κ3) is 4.58. The Labute approximate surface area is 182 Å². The molecule has 0 radical (unpaired) electrons. The number of aromatic nitrogens is 1. The lowest BCUT2D eigenvalue weighted by atomic mass is 10.3. The third-order valence-corrected chi connectivity index (χ3v) is 7.78. The number of rotatable bonds is 6. The van der Waals surface area contributed by atoms with Crippen molar-refractivity contribution < 1.29 is 22.7 Å². The summed E-state index contributed by atoms with van der Waals surface area (Å²) in [6.07, 6.45) is 0. The van der Waals surface area contributed by atoms with Crippen LogP contribution >= 0.6 is 11.3 Å². The smallest absolute Gasteiger partial charge is 0.305 e. The highest BCUT2D eigenvalue weighted by Gasteiger charge is 2.30. The molecule has 0 unspecified atom stereocenters. The highest BCUT2D eigenvalue weighted by molar-refractivity contribution is 7.89. The summed E-state index contributed by atoms with van der Waals surface area (Å²) < 4.78 is 38.5. The van der Waals surface area contributed by atoms with Crippen molar-refractivity contribution in [3.63, 3.8) is 0 Å². The van der Waals surface area contributed by atoms with E-state index >= 15 is 0 Å². The first-order valence-corrected chi connectivity index (χ1v) is 11.8. The van der Waals surface area contributed by atoms with Crippen molar-refractivity contribution in [3.8, 4) is 11.5 Å². The Bertz CT molecular complexity index is 1240. The minimum Gasteiger partial charge on any atom is -0.497 e. The Kier molecular flexibility index (Phi) is 5.99. The Morgan fingerprint density at radius 3 is 2.42 bits per heavy atom. The molecule has 3 aromatic rings. The van der Waals surface area contributed by atoms with Crippen molar-refractivity contribution in [1.82, 2.24) is 14.2 Å². The van der Waals surface area contributed by atoms with Crippen LogP contribution in [0, 0.1) is 0 Å². The molecule has 11 heteroatoms. The van der Waals surface area contributed by atoms with E-state index in [1.807, 2.05) is 0 Å². The van der Waals surface area contributed by atoms with E-state index in [4.69, 9.17) is 9.47 Å². The van der Waals surface area contributed by atoms with E-state index in [9.17, 15) is 18.0 Å². The highest BCUT2D eigenvalue weighted by Crippen LogP contribution is 2.23. The van der Waals surface area contributed by atoms with E-state index in [1.54, 1.807) is 42.3 Å². The topological polar surface area (TPSA) is 109 Å². The average Bonchev–Trinajstić information content (AvgIpc) is 3.17. The molecular weight excluding hydrogens is 442 g/mol. The standard InChI is InChI=1S/C20H21N3O6S2/c1-28-14-2-4-15(5-3-14)29-13-19(24)22-8-10-23(11-9-22)31(26,27)16-6-7-17-18(12-16)30-20(25)21-17/h2-7,12H,8-11,13H2,1H3,(H,21,25).